The van der Waals surface area contributed by atoms with Crippen LogP contribution in [-0.4, -0.2) is 45.4 Å². The highest BCUT2D eigenvalue weighted by Gasteiger charge is 2.12. The molecule has 2 aromatic heterocycles. The van der Waals surface area contributed by atoms with E-state index >= 15 is 0 Å². The van der Waals surface area contributed by atoms with Crippen molar-refractivity contribution in [1.29, 1.82) is 0 Å². The molecule has 0 unspecified atom stereocenters. The van der Waals surface area contributed by atoms with Crippen LogP contribution in [0.2, 0.25) is 0 Å². The fourth-order valence-electron chi connectivity index (χ4n) is 2.35. The lowest BCUT2D eigenvalue weighted by Crippen LogP contribution is -2.02. The molecule has 1 aromatic carbocycles. The SMILES string of the molecule is C=C(CSc1nnc(CC)n1C)Nc1nnc(-c2ccc(S(C)(=O)=O)cc2)s1. The maximum Gasteiger partial charge on any atom is 0.210 e. The zero-order valence-corrected chi connectivity index (χ0v) is 18.2. The summed E-state index contributed by atoms with van der Waals surface area (Å²) in [7, 11) is -1.27. The fraction of sp³-hybridized carbons (Fsp3) is 0.294. The number of nitrogens with zero attached hydrogens (tertiary/aromatic N) is 5. The van der Waals surface area contributed by atoms with Crippen LogP contribution in [0.15, 0.2) is 46.6 Å². The van der Waals surface area contributed by atoms with Crippen LogP contribution in [0.25, 0.3) is 10.6 Å². The zero-order valence-electron chi connectivity index (χ0n) is 15.7. The highest BCUT2D eigenvalue weighted by molar-refractivity contribution is 7.99. The third-order valence-electron chi connectivity index (χ3n) is 3.85. The predicted octanol–water partition coefficient (Wildman–Crippen LogP) is 3.02. The molecule has 3 rings (SSSR count). The van der Waals surface area contributed by atoms with Crippen molar-refractivity contribution in [2.75, 3.05) is 17.3 Å². The molecule has 0 amide bonds. The first-order valence-electron chi connectivity index (χ1n) is 8.37. The quantitative estimate of drug-likeness (QED) is 0.538. The smallest absolute Gasteiger partial charge is 0.210 e. The van der Waals surface area contributed by atoms with Gasteiger partial charge in [-0.1, -0.05) is 48.7 Å². The van der Waals surface area contributed by atoms with Crippen molar-refractivity contribution in [3.63, 3.8) is 0 Å². The maximum atomic E-state index is 11.6. The van der Waals surface area contributed by atoms with Gasteiger partial charge in [0.2, 0.25) is 5.13 Å². The molecule has 0 aliphatic carbocycles. The van der Waals surface area contributed by atoms with Crippen LogP contribution in [0.4, 0.5) is 5.13 Å². The topological polar surface area (TPSA) is 103 Å². The van der Waals surface area contributed by atoms with E-state index in [0.29, 0.717) is 15.9 Å². The number of rotatable bonds is 8. The second-order valence-corrected chi connectivity index (χ2v) is 9.97. The van der Waals surface area contributed by atoms with E-state index in [9.17, 15) is 8.42 Å². The van der Waals surface area contributed by atoms with E-state index in [1.807, 2.05) is 18.5 Å². The van der Waals surface area contributed by atoms with Crippen molar-refractivity contribution in [2.45, 2.75) is 23.4 Å². The highest BCUT2D eigenvalue weighted by atomic mass is 32.2. The van der Waals surface area contributed by atoms with Gasteiger partial charge in [-0.25, -0.2) is 8.42 Å². The Morgan fingerprint density at radius 1 is 1.21 bits per heavy atom. The summed E-state index contributed by atoms with van der Waals surface area (Å²) in [6.07, 6.45) is 2.02. The van der Waals surface area contributed by atoms with Crippen LogP contribution in [0.1, 0.15) is 12.7 Å². The molecule has 2 heterocycles. The number of hydrogen-bond acceptors (Lipinski definition) is 9. The van der Waals surface area contributed by atoms with E-state index in [4.69, 9.17) is 0 Å². The monoisotopic (exact) mass is 436 g/mol. The lowest BCUT2D eigenvalue weighted by atomic mass is 10.2. The summed E-state index contributed by atoms with van der Waals surface area (Å²) >= 11 is 2.92. The van der Waals surface area contributed by atoms with Gasteiger partial charge in [0.25, 0.3) is 0 Å². The third kappa shape index (κ3) is 4.78. The molecule has 0 fully saturated rings. The molecule has 0 spiro atoms. The molecule has 11 heteroatoms. The normalized spacial score (nSPS) is 11.5. The van der Waals surface area contributed by atoms with Gasteiger partial charge >= 0.3 is 0 Å². The van der Waals surface area contributed by atoms with Gasteiger partial charge in [0, 0.05) is 36.7 Å². The Hall–Kier alpha value is -2.24. The van der Waals surface area contributed by atoms with Crippen LogP contribution in [0.3, 0.4) is 0 Å². The Labute approximate surface area is 172 Å². The summed E-state index contributed by atoms with van der Waals surface area (Å²) in [5.41, 5.74) is 1.59. The average molecular weight is 437 g/mol. The Balaban J connectivity index is 1.61. The summed E-state index contributed by atoms with van der Waals surface area (Å²) in [5.74, 6) is 1.56. The molecule has 3 aromatic rings. The van der Waals surface area contributed by atoms with E-state index in [-0.39, 0.29) is 4.90 Å². The van der Waals surface area contributed by atoms with E-state index in [0.717, 1.165) is 28.7 Å². The van der Waals surface area contributed by atoms with Crippen molar-refractivity contribution in [2.24, 2.45) is 7.05 Å². The van der Waals surface area contributed by atoms with Gasteiger partial charge in [0.1, 0.15) is 10.8 Å². The van der Waals surface area contributed by atoms with Crippen molar-refractivity contribution in [3.8, 4) is 10.6 Å². The largest absolute Gasteiger partial charge is 0.334 e. The molecule has 0 atom stereocenters. The van der Waals surface area contributed by atoms with Crippen LogP contribution in [-0.2, 0) is 23.3 Å². The van der Waals surface area contributed by atoms with E-state index in [1.165, 1.54) is 17.6 Å². The van der Waals surface area contributed by atoms with E-state index < -0.39 is 9.84 Å². The lowest BCUT2D eigenvalue weighted by Gasteiger charge is -2.06. The second-order valence-electron chi connectivity index (χ2n) is 6.04. The van der Waals surface area contributed by atoms with Gasteiger partial charge in [-0.3, -0.25) is 0 Å². The first-order valence-corrected chi connectivity index (χ1v) is 12.1. The molecule has 8 nitrogen and oxygen atoms in total. The first-order chi connectivity index (χ1) is 13.3. The summed E-state index contributed by atoms with van der Waals surface area (Å²) in [6.45, 7) is 6.07. The summed E-state index contributed by atoms with van der Waals surface area (Å²) < 4.78 is 25.1. The number of benzene rings is 1. The van der Waals surface area contributed by atoms with Gasteiger partial charge in [0.05, 0.1) is 4.90 Å². The molecule has 0 radical (unpaired) electrons. The molecule has 0 bridgehead atoms. The first kappa shape index (κ1) is 20.5. The third-order valence-corrected chi connectivity index (χ3v) is 6.98. The number of anilines is 1. The van der Waals surface area contributed by atoms with Crippen molar-refractivity contribution in [3.05, 3.63) is 42.4 Å². The van der Waals surface area contributed by atoms with Crippen LogP contribution in [0.5, 0.6) is 0 Å². The van der Waals surface area contributed by atoms with Crippen molar-refractivity contribution >= 4 is 38.1 Å². The Morgan fingerprint density at radius 3 is 2.54 bits per heavy atom. The van der Waals surface area contributed by atoms with Crippen LogP contribution < -0.4 is 5.32 Å². The molecule has 1 N–H and O–H groups in total. The average Bonchev–Trinajstić information content (AvgIpc) is 3.26. The fourth-order valence-corrected chi connectivity index (χ4v) is 4.55. The summed E-state index contributed by atoms with van der Waals surface area (Å²) in [4.78, 5) is 0.277. The molecular weight excluding hydrogens is 416 g/mol. The Bertz CT molecular complexity index is 1090. The zero-order chi connectivity index (χ0) is 20.3. The van der Waals surface area contributed by atoms with Gasteiger partial charge < -0.3 is 9.88 Å². The molecule has 28 heavy (non-hydrogen) atoms. The standard InChI is InChI=1S/C17H20N6O2S3/c1-5-14-19-22-17(23(14)3)26-10-11(2)18-16-21-20-15(27-16)12-6-8-13(9-7-12)28(4,24)25/h6-9H,2,5,10H2,1,3-4H3,(H,18,21). The summed E-state index contributed by atoms with van der Waals surface area (Å²) in [5, 5.41) is 21.9. The molecule has 0 aliphatic heterocycles. The maximum absolute atomic E-state index is 11.6. The van der Waals surface area contributed by atoms with Gasteiger partial charge in [0.15, 0.2) is 15.0 Å². The molecule has 0 saturated carbocycles. The molecule has 0 aliphatic rings. The van der Waals surface area contributed by atoms with Crippen molar-refractivity contribution < 1.29 is 8.42 Å². The lowest BCUT2D eigenvalue weighted by molar-refractivity contribution is 0.602. The van der Waals surface area contributed by atoms with Crippen LogP contribution >= 0.6 is 23.1 Å². The Kier molecular flexibility index (Phi) is 6.16. The van der Waals surface area contributed by atoms with E-state index in [1.54, 1.807) is 36.0 Å². The summed E-state index contributed by atoms with van der Waals surface area (Å²) in [6, 6.07) is 6.59. The Morgan fingerprint density at radius 2 is 1.93 bits per heavy atom. The number of aromatic nitrogens is 5. The predicted molar refractivity (Wildman–Crippen MR) is 112 cm³/mol. The molecular formula is C17H20N6O2S3. The number of aryl methyl sites for hydroxylation is 1. The highest BCUT2D eigenvalue weighted by Crippen LogP contribution is 2.28. The number of thioether (sulfide) groups is 1. The van der Waals surface area contributed by atoms with Crippen LogP contribution in [0, 0.1) is 0 Å². The molecule has 148 valence electrons. The minimum atomic E-state index is -3.22. The van der Waals surface area contributed by atoms with E-state index in [2.05, 4.69) is 32.3 Å². The number of sulfone groups is 1. The number of nitrogens with one attached hydrogen (secondary N) is 1. The minimum Gasteiger partial charge on any atom is -0.334 e. The van der Waals surface area contributed by atoms with Crippen molar-refractivity contribution in [1.82, 2.24) is 25.0 Å². The molecule has 0 saturated heterocycles. The van der Waals surface area contributed by atoms with Gasteiger partial charge in [-0.2, -0.15) is 0 Å². The number of hydrogen-bond donors (Lipinski definition) is 1. The van der Waals surface area contributed by atoms with Gasteiger partial charge in [-0.05, 0) is 12.1 Å². The van der Waals surface area contributed by atoms with Gasteiger partial charge in [-0.15, -0.1) is 20.4 Å². The second kappa shape index (κ2) is 8.41. The minimum absolute atomic E-state index is 0.277.